The number of halogens is 3. The van der Waals surface area contributed by atoms with Gasteiger partial charge in [0.15, 0.2) is 0 Å². The molecule has 1 aromatic heterocycles. The Morgan fingerprint density at radius 2 is 1.92 bits per heavy atom. The maximum atomic E-state index is 13.2. The Bertz CT molecular complexity index is 866. The topological polar surface area (TPSA) is 55.4 Å². The molecule has 1 N–H and O–H groups in total. The van der Waals surface area contributed by atoms with Crippen molar-refractivity contribution in [1.82, 2.24) is 0 Å². The number of hydrogen-bond donors (Lipinski definition) is 1. The number of carbonyl (C=O) groups excluding carboxylic acids is 2. The third-order valence-electron chi connectivity index (χ3n) is 4.41. The van der Waals surface area contributed by atoms with Gasteiger partial charge >= 0.3 is 5.97 Å². The first-order chi connectivity index (χ1) is 12.2. The SMILES string of the molecule is CCOC(=O)c1c(-c2ccc(F)cc2)csc1NC(=O)C1(C)CC1(Cl)Cl. The van der Waals surface area contributed by atoms with Crippen LogP contribution >= 0.6 is 34.5 Å². The summed E-state index contributed by atoms with van der Waals surface area (Å²) in [6, 6.07) is 5.74. The Balaban J connectivity index is 1.96. The normalized spacial score (nSPS) is 20.5. The van der Waals surface area contributed by atoms with E-state index in [1.165, 1.54) is 23.5 Å². The smallest absolute Gasteiger partial charge is 0.341 e. The molecule has 1 saturated carbocycles. The summed E-state index contributed by atoms with van der Waals surface area (Å²) in [6.45, 7) is 3.55. The van der Waals surface area contributed by atoms with Gasteiger partial charge in [-0.25, -0.2) is 9.18 Å². The summed E-state index contributed by atoms with van der Waals surface area (Å²) < 4.78 is 17.2. The fourth-order valence-corrected chi connectivity index (χ4v) is 4.24. The monoisotopic (exact) mass is 415 g/mol. The number of anilines is 1. The van der Waals surface area contributed by atoms with Crippen molar-refractivity contribution in [1.29, 1.82) is 0 Å². The lowest BCUT2D eigenvalue weighted by atomic mass is 10.0. The molecule has 1 heterocycles. The van der Waals surface area contributed by atoms with Crippen LogP contribution in [0.25, 0.3) is 11.1 Å². The van der Waals surface area contributed by atoms with Crippen molar-refractivity contribution in [3.05, 3.63) is 41.0 Å². The summed E-state index contributed by atoms with van der Waals surface area (Å²) >= 11 is 13.3. The Morgan fingerprint density at radius 3 is 2.46 bits per heavy atom. The molecule has 138 valence electrons. The van der Waals surface area contributed by atoms with Gasteiger partial charge in [0.2, 0.25) is 5.91 Å². The van der Waals surface area contributed by atoms with Gasteiger partial charge in [-0.1, -0.05) is 12.1 Å². The van der Waals surface area contributed by atoms with Crippen LogP contribution in [0.3, 0.4) is 0 Å². The zero-order chi connectivity index (χ0) is 19.1. The van der Waals surface area contributed by atoms with Gasteiger partial charge < -0.3 is 10.1 Å². The molecule has 1 aliphatic rings. The van der Waals surface area contributed by atoms with Crippen molar-refractivity contribution >= 4 is 51.4 Å². The molecule has 0 spiro atoms. The molecule has 0 aliphatic heterocycles. The minimum absolute atomic E-state index is 0.190. The highest BCUT2D eigenvalue weighted by Gasteiger charge is 2.68. The lowest BCUT2D eigenvalue weighted by molar-refractivity contribution is -0.120. The Hall–Kier alpha value is -1.63. The number of nitrogens with one attached hydrogen (secondary N) is 1. The Morgan fingerprint density at radius 1 is 1.31 bits per heavy atom. The van der Waals surface area contributed by atoms with E-state index in [1.807, 2.05) is 0 Å². The van der Waals surface area contributed by atoms with E-state index in [-0.39, 0.29) is 23.9 Å². The minimum Gasteiger partial charge on any atom is -0.462 e. The third kappa shape index (κ3) is 3.33. The lowest BCUT2D eigenvalue weighted by Gasteiger charge is -2.13. The van der Waals surface area contributed by atoms with Crippen LogP contribution < -0.4 is 5.32 Å². The second kappa shape index (κ2) is 6.83. The molecular weight excluding hydrogens is 400 g/mol. The third-order valence-corrected chi connectivity index (χ3v) is 6.41. The van der Waals surface area contributed by atoms with Gasteiger partial charge in [0.05, 0.1) is 12.0 Å². The number of esters is 1. The van der Waals surface area contributed by atoms with Crippen molar-refractivity contribution in [3.8, 4) is 11.1 Å². The molecule has 0 radical (unpaired) electrons. The largest absolute Gasteiger partial charge is 0.462 e. The molecule has 8 heteroatoms. The molecule has 1 unspecified atom stereocenters. The highest BCUT2D eigenvalue weighted by Crippen LogP contribution is 2.64. The van der Waals surface area contributed by atoms with E-state index < -0.39 is 15.7 Å². The quantitative estimate of drug-likeness (QED) is 0.535. The number of amides is 1. The molecular formula is C18H16Cl2FNO3S. The number of alkyl halides is 2. The second-order valence-electron chi connectivity index (χ2n) is 6.25. The van der Waals surface area contributed by atoms with Crippen LogP contribution in [-0.2, 0) is 9.53 Å². The molecule has 4 nitrogen and oxygen atoms in total. The van der Waals surface area contributed by atoms with E-state index >= 15 is 0 Å². The molecule has 0 saturated heterocycles. The first-order valence-corrected chi connectivity index (χ1v) is 9.57. The molecule has 1 aliphatic carbocycles. The van der Waals surface area contributed by atoms with Crippen LogP contribution in [0.4, 0.5) is 9.39 Å². The first-order valence-electron chi connectivity index (χ1n) is 7.93. The molecule has 1 fully saturated rings. The average molecular weight is 416 g/mol. The Kier molecular flexibility index (Phi) is 5.03. The highest BCUT2D eigenvalue weighted by molar-refractivity contribution is 7.15. The van der Waals surface area contributed by atoms with Gasteiger partial charge in [-0.2, -0.15) is 0 Å². The predicted molar refractivity (Wildman–Crippen MR) is 101 cm³/mol. The van der Waals surface area contributed by atoms with Gasteiger partial charge in [-0.05, 0) is 38.0 Å². The number of thiophene rings is 1. The van der Waals surface area contributed by atoms with E-state index in [9.17, 15) is 14.0 Å². The van der Waals surface area contributed by atoms with E-state index in [1.54, 1.807) is 31.4 Å². The van der Waals surface area contributed by atoms with Crippen LogP contribution in [0.1, 0.15) is 30.6 Å². The fourth-order valence-electron chi connectivity index (χ4n) is 2.59. The number of benzene rings is 1. The van der Waals surface area contributed by atoms with Crippen LogP contribution in [0.5, 0.6) is 0 Å². The zero-order valence-corrected chi connectivity index (χ0v) is 16.4. The van der Waals surface area contributed by atoms with Crippen molar-refractivity contribution in [2.75, 3.05) is 11.9 Å². The van der Waals surface area contributed by atoms with Gasteiger partial charge in [-0.15, -0.1) is 34.5 Å². The number of carbonyl (C=O) groups is 2. The highest BCUT2D eigenvalue weighted by atomic mass is 35.5. The number of rotatable bonds is 5. The summed E-state index contributed by atoms with van der Waals surface area (Å²) in [4.78, 5) is 25.0. The summed E-state index contributed by atoms with van der Waals surface area (Å²) in [5.41, 5.74) is 0.526. The van der Waals surface area contributed by atoms with E-state index in [2.05, 4.69) is 5.32 Å². The van der Waals surface area contributed by atoms with Crippen molar-refractivity contribution in [2.45, 2.75) is 24.6 Å². The van der Waals surface area contributed by atoms with E-state index in [0.717, 1.165) is 0 Å². The first kappa shape index (κ1) is 19.1. The summed E-state index contributed by atoms with van der Waals surface area (Å²) in [7, 11) is 0. The van der Waals surface area contributed by atoms with E-state index in [0.29, 0.717) is 22.5 Å². The van der Waals surface area contributed by atoms with Crippen LogP contribution in [-0.4, -0.2) is 22.8 Å². The maximum absolute atomic E-state index is 13.2. The predicted octanol–water partition coefficient (Wildman–Crippen LogP) is 5.25. The average Bonchev–Trinajstić information content (AvgIpc) is 2.92. The lowest BCUT2D eigenvalue weighted by Crippen LogP contribution is -2.26. The second-order valence-corrected chi connectivity index (χ2v) is 8.61. The number of ether oxygens (including phenoxy) is 1. The minimum atomic E-state index is -1.11. The van der Waals surface area contributed by atoms with Crippen molar-refractivity contribution in [3.63, 3.8) is 0 Å². The van der Waals surface area contributed by atoms with Gasteiger partial charge in [-0.3, -0.25) is 4.79 Å². The summed E-state index contributed by atoms with van der Waals surface area (Å²) in [5, 5.41) is 4.82. The van der Waals surface area contributed by atoms with Gasteiger partial charge in [0, 0.05) is 10.9 Å². The maximum Gasteiger partial charge on any atom is 0.341 e. The zero-order valence-electron chi connectivity index (χ0n) is 14.1. The van der Waals surface area contributed by atoms with Gasteiger partial charge in [0.1, 0.15) is 20.7 Å². The van der Waals surface area contributed by atoms with Crippen LogP contribution in [0.15, 0.2) is 29.6 Å². The molecule has 1 amide bonds. The van der Waals surface area contributed by atoms with Crippen LogP contribution in [0.2, 0.25) is 0 Å². The summed E-state index contributed by atoms with van der Waals surface area (Å²) in [5.74, 6) is -1.30. The Labute approximate surface area is 164 Å². The molecule has 26 heavy (non-hydrogen) atoms. The summed E-state index contributed by atoms with van der Waals surface area (Å²) in [6.07, 6.45) is 0.333. The van der Waals surface area contributed by atoms with Gasteiger partial charge in [0.25, 0.3) is 0 Å². The standard InChI is InChI=1S/C18H16Cl2FNO3S/c1-3-25-15(23)13-12(10-4-6-11(21)7-5-10)8-26-14(13)22-16(24)17(2)9-18(17,19)20/h4-8H,3,9H2,1-2H3,(H,22,24). The molecule has 2 aromatic rings. The van der Waals surface area contributed by atoms with E-state index in [4.69, 9.17) is 27.9 Å². The molecule has 1 aromatic carbocycles. The van der Waals surface area contributed by atoms with Crippen molar-refractivity contribution < 1.29 is 18.7 Å². The number of hydrogen-bond acceptors (Lipinski definition) is 4. The molecule has 0 bridgehead atoms. The molecule has 1 atom stereocenters. The molecule has 3 rings (SSSR count). The van der Waals surface area contributed by atoms with Crippen LogP contribution in [0, 0.1) is 11.2 Å². The fraction of sp³-hybridized carbons (Fsp3) is 0.333. The van der Waals surface area contributed by atoms with Crippen molar-refractivity contribution in [2.24, 2.45) is 5.41 Å².